The minimum Gasteiger partial charge on any atom is -0.457 e. The second kappa shape index (κ2) is 4.97. The summed E-state index contributed by atoms with van der Waals surface area (Å²) in [5.74, 6) is 0.252. The zero-order valence-electron chi connectivity index (χ0n) is 8.69. The smallest absolute Gasteiger partial charge is 0.150 e. The van der Waals surface area contributed by atoms with Crippen LogP contribution in [-0.2, 0) is 0 Å². The fourth-order valence-corrected chi connectivity index (χ4v) is 1.45. The lowest BCUT2D eigenvalue weighted by Crippen LogP contribution is -1.87. The lowest BCUT2D eigenvalue weighted by molar-refractivity contribution is 0.112. The van der Waals surface area contributed by atoms with Crippen LogP contribution in [0.2, 0.25) is 5.02 Å². The molecule has 0 atom stereocenters. The first-order valence-electron chi connectivity index (χ1n) is 4.87. The molecule has 0 bridgehead atoms. The average Bonchev–Trinajstić information content (AvgIpc) is 2.34. The topological polar surface area (TPSA) is 26.3 Å². The molecule has 2 rings (SSSR count). The number of carbonyl (C=O) groups excluding carboxylic acids is 1. The number of halogens is 2. The van der Waals surface area contributed by atoms with Crippen LogP contribution in [0.3, 0.4) is 0 Å². The highest BCUT2D eigenvalue weighted by Gasteiger charge is 2.03. The van der Waals surface area contributed by atoms with Crippen molar-refractivity contribution in [3.63, 3.8) is 0 Å². The summed E-state index contributed by atoms with van der Waals surface area (Å²) in [6.45, 7) is 0. The first-order valence-corrected chi connectivity index (χ1v) is 5.25. The largest absolute Gasteiger partial charge is 0.457 e. The Kier molecular flexibility index (Phi) is 3.40. The van der Waals surface area contributed by atoms with Gasteiger partial charge >= 0.3 is 0 Å². The minimum atomic E-state index is -0.546. The van der Waals surface area contributed by atoms with Gasteiger partial charge in [-0.05, 0) is 24.3 Å². The Morgan fingerprint density at radius 3 is 2.59 bits per heavy atom. The van der Waals surface area contributed by atoms with Crippen LogP contribution in [0.25, 0.3) is 0 Å². The van der Waals surface area contributed by atoms with Crippen molar-refractivity contribution >= 4 is 17.9 Å². The predicted octanol–water partition coefficient (Wildman–Crippen LogP) is 4.08. The van der Waals surface area contributed by atoms with Crippen LogP contribution < -0.4 is 4.74 Å². The van der Waals surface area contributed by atoms with Crippen molar-refractivity contribution in [3.05, 3.63) is 58.9 Å². The molecule has 0 aromatic heterocycles. The van der Waals surface area contributed by atoms with Gasteiger partial charge in [-0.15, -0.1) is 0 Å². The quantitative estimate of drug-likeness (QED) is 0.767. The molecule has 0 aliphatic rings. The van der Waals surface area contributed by atoms with Crippen molar-refractivity contribution < 1.29 is 13.9 Å². The van der Waals surface area contributed by atoms with E-state index < -0.39 is 5.82 Å². The van der Waals surface area contributed by atoms with Crippen LogP contribution in [0.1, 0.15) is 10.4 Å². The summed E-state index contributed by atoms with van der Waals surface area (Å²) in [4.78, 5) is 10.6. The first kappa shape index (κ1) is 11.6. The van der Waals surface area contributed by atoms with E-state index in [-0.39, 0.29) is 5.02 Å². The fourth-order valence-electron chi connectivity index (χ4n) is 1.33. The summed E-state index contributed by atoms with van der Waals surface area (Å²) in [6.07, 6.45) is 0.718. The average molecular weight is 251 g/mol. The molecule has 17 heavy (non-hydrogen) atoms. The highest BCUT2D eigenvalue weighted by atomic mass is 35.5. The van der Waals surface area contributed by atoms with Gasteiger partial charge in [0.2, 0.25) is 0 Å². The van der Waals surface area contributed by atoms with Gasteiger partial charge in [0.05, 0.1) is 5.02 Å². The Bertz CT molecular complexity index is 555. The van der Waals surface area contributed by atoms with E-state index in [2.05, 4.69) is 0 Å². The highest BCUT2D eigenvalue weighted by molar-refractivity contribution is 6.30. The molecule has 0 fully saturated rings. The van der Waals surface area contributed by atoms with Gasteiger partial charge in [-0.25, -0.2) is 4.39 Å². The number of hydrogen-bond donors (Lipinski definition) is 0. The molecule has 2 nitrogen and oxygen atoms in total. The molecule has 2 aromatic rings. The van der Waals surface area contributed by atoms with E-state index in [1.165, 1.54) is 12.1 Å². The van der Waals surface area contributed by atoms with Crippen LogP contribution in [0.15, 0.2) is 42.5 Å². The molecule has 0 amide bonds. The fraction of sp³-hybridized carbons (Fsp3) is 0. The van der Waals surface area contributed by atoms with Crippen LogP contribution in [0.4, 0.5) is 4.39 Å². The van der Waals surface area contributed by atoms with Crippen molar-refractivity contribution in [1.29, 1.82) is 0 Å². The first-order chi connectivity index (χ1) is 8.19. The van der Waals surface area contributed by atoms with Crippen LogP contribution in [0.5, 0.6) is 11.5 Å². The van der Waals surface area contributed by atoms with E-state index in [0.717, 1.165) is 6.29 Å². The van der Waals surface area contributed by atoms with E-state index in [1.54, 1.807) is 30.3 Å². The molecule has 0 saturated heterocycles. The third kappa shape index (κ3) is 2.82. The molecule has 0 N–H and O–H groups in total. The second-order valence-electron chi connectivity index (χ2n) is 3.37. The van der Waals surface area contributed by atoms with Crippen LogP contribution >= 0.6 is 11.6 Å². The molecule has 86 valence electrons. The summed E-state index contributed by atoms with van der Waals surface area (Å²) in [6, 6.07) is 10.7. The lowest BCUT2D eigenvalue weighted by Gasteiger charge is -2.06. The number of carbonyl (C=O) groups is 1. The number of ether oxygens (including phenoxy) is 1. The molecule has 2 aromatic carbocycles. The van der Waals surface area contributed by atoms with E-state index >= 15 is 0 Å². The van der Waals surface area contributed by atoms with E-state index in [4.69, 9.17) is 16.3 Å². The molecule has 4 heteroatoms. The van der Waals surface area contributed by atoms with E-state index in [9.17, 15) is 9.18 Å². The maximum absolute atomic E-state index is 13.2. The van der Waals surface area contributed by atoms with Crippen molar-refractivity contribution in [3.8, 4) is 11.5 Å². The third-order valence-corrected chi connectivity index (χ3v) is 2.43. The summed E-state index contributed by atoms with van der Waals surface area (Å²) >= 11 is 5.55. The Morgan fingerprint density at radius 1 is 1.12 bits per heavy atom. The van der Waals surface area contributed by atoms with Gasteiger partial charge in [0.1, 0.15) is 23.6 Å². The molecule has 0 spiro atoms. The van der Waals surface area contributed by atoms with Crippen molar-refractivity contribution in [2.24, 2.45) is 0 Å². The summed E-state index contributed by atoms with van der Waals surface area (Å²) in [7, 11) is 0. The number of hydrogen-bond acceptors (Lipinski definition) is 2. The molecule has 0 aliphatic carbocycles. The maximum atomic E-state index is 13.2. The molecular weight excluding hydrogens is 243 g/mol. The minimum absolute atomic E-state index is 0.0407. The van der Waals surface area contributed by atoms with Crippen molar-refractivity contribution in [2.45, 2.75) is 0 Å². The van der Waals surface area contributed by atoms with Crippen molar-refractivity contribution in [2.75, 3.05) is 0 Å². The highest BCUT2D eigenvalue weighted by Crippen LogP contribution is 2.25. The summed E-state index contributed by atoms with van der Waals surface area (Å²) < 4.78 is 18.6. The zero-order valence-corrected chi connectivity index (χ0v) is 9.45. The lowest BCUT2D eigenvalue weighted by atomic mass is 10.2. The van der Waals surface area contributed by atoms with Crippen LogP contribution in [-0.4, -0.2) is 6.29 Å². The molecular formula is C13H8ClFO2. The van der Waals surface area contributed by atoms with Gasteiger partial charge in [0.15, 0.2) is 0 Å². The van der Waals surface area contributed by atoms with Gasteiger partial charge in [-0.3, -0.25) is 4.79 Å². The second-order valence-corrected chi connectivity index (χ2v) is 3.78. The van der Waals surface area contributed by atoms with E-state index in [1.807, 2.05) is 0 Å². The molecule has 0 saturated carbocycles. The Labute approximate surface area is 103 Å². The standard InChI is InChI=1S/C13H8ClFO2/c14-12-5-4-11(7-13(12)15)17-10-3-1-2-9(6-10)8-16/h1-8H. The number of rotatable bonds is 3. The Balaban J connectivity index is 2.24. The van der Waals surface area contributed by atoms with Gasteiger partial charge in [0, 0.05) is 11.6 Å². The normalized spacial score (nSPS) is 10.0. The van der Waals surface area contributed by atoms with Gasteiger partial charge < -0.3 is 4.74 Å². The van der Waals surface area contributed by atoms with Gasteiger partial charge in [-0.1, -0.05) is 23.7 Å². The maximum Gasteiger partial charge on any atom is 0.150 e. The predicted molar refractivity (Wildman–Crippen MR) is 63.3 cm³/mol. The van der Waals surface area contributed by atoms with Crippen molar-refractivity contribution in [1.82, 2.24) is 0 Å². The molecule has 0 heterocycles. The number of benzene rings is 2. The zero-order chi connectivity index (χ0) is 12.3. The third-order valence-electron chi connectivity index (χ3n) is 2.12. The number of aldehydes is 1. The summed E-state index contributed by atoms with van der Waals surface area (Å²) in [5.41, 5.74) is 0.497. The monoisotopic (exact) mass is 250 g/mol. The Hall–Kier alpha value is -1.87. The molecule has 0 radical (unpaired) electrons. The molecule has 0 aliphatic heterocycles. The Morgan fingerprint density at radius 2 is 1.88 bits per heavy atom. The van der Waals surface area contributed by atoms with E-state index in [0.29, 0.717) is 17.1 Å². The van der Waals surface area contributed by atoms with Gasteiger partial charge in [0.25, 0.3) is 0 Å². The van der Waals surface area contributed by atoms with Crippen LogP contribution in [0, 0.1) is 5.82 Å². The summed E-state index contributed by atoms with van der Waals surface area (Å²) in [5, 5.41) is 0.0407. The van der Waals surface area contributed by atoms with Gasteiger partial charge in [-0.2, -0.15) is 0 Å². The molecule has 0 unspecified atom stereocenters. The SMILES string of the molecule is O=Cc1cccc(Oc2ccc(Cl)c(F)c2)c1.